The molecule has 1 aliphatic heterocycles. The number of sulfone groups is 1. The number of fused-ring (bicyclic) bond motifs is 1. The summed E-state index contributed by atoms with van der Waals surface area (Å²) in [6, 6.07) is 12.6. The average Bonchev–Trinajstić information content (AvgIpc) is 3.29. The second-order valence-corrected chi connectivity index (χ2v) is 11.6. The summed E-state index contributed by atoms with van der Waals surface area (Å²) >= 11 is 1.47. The summed E-state index contributed by atoms with van der Waals surface area (Å²) in [4.78, 5) is 22.6. The smallest absolute Gasteiger partial charge is 0.261 e. The Balaban J connectivity index is 1.67. The summed E-state index contributed by atoms with van der Waals surface area (Å²) in [6.07, 6.45) is 1.68. The van der Waals surface area contributed by atoms with Crippen molar-refractivity contribution in [2.75, 3.05) is 50.0 Å². The number of hydrogen-bond acceptors (Lipinski definition) is 7. The highest BCUT2D eigenvalue weighted by Gasteiger charge is 2.27. The number of amides is 1. The number of anilines is 1. The van der Waals surface area contributed by atoms with Crippen molar-refractivity contribution in [3.05, 3.63) is 53.6 Å². The maximum Gasteiger partial charge on any atom is 0.261 e. The van der Waals surface area contributed by atoms with Crippen molar-refractivity contribution in [2.45, 2.75) is 31.6 Å². The quantitative estimate of drug-likeness (QED) is 0.441. The number of carbonyl (C=O) groups is 1. The minimum absolute atomic E-state index is 0.0603. The number of aromatic nitrogens is 1. The van der Waals surface area contributed by atoms with Crippen LogP contribution in [0.25, 0.3) is 10.2 Å². The van der Waals surface area contributed by atoms with E-state index in [1.807, 2.05) is 6.07 Å². The van der Waals surface area contributed by atoms with Gasteiger partial charge in [0.15, 0.2) is 15.0 Å². The van der Waals surface area contributed by atoms with Crippen molar-refractivity contribution in [3.63, 3.8) is 0 Å². The molecule has 7 nitrogen and oxygen atoms in total. The molecule has 0 aliphatic carbocycles. The van der Waals surface area contributed by atoms with Crippen molar-refractivity contribution in [2.24, 2.45) is 0 Å². The Morgan fingerprint density at radius 2 is 1.91 bits per heavy atom. The predicted octanol–water partition coefficient (Wildman–Crippen LogP) is 4.02. The van der Waals surface area contributed by atoms with Gasteiger partial charge in [0.05, 0.1) is 39.6 Å². The summed E-state index contributed by atoms with van der Waals surface area (Å²) < 4.78 is 31.9. The molecule has 34 heavy (non-hydrogen) atoms. The molecule has 1 amide bonds. The van der Waals surface area contributed by atoms with Crippen LogP contribution in [-0.4, -0.2) is 69.4 Å². The Bertz CT molecular complexity index is 1250. The molecule has 1 saturated heterocycles. The third kappa shape index (κ3) is 5.49. The molecule has 0 saturated carbocycles. The maximum absolute atomic E-state index is 13.8. The third-order valence-electron chi connectivity index (χ3n) is 6.12. The van der Waals surface area contributed by atoms with Crippen LogP contribution in [0.3, 0.4) is 0 Å². The molecule has 2 aromatic carbocycles. The first-order chi connectivity index (χ1) is 16.4. The Kier molecular flexibility index (Phi) is 7.98. The molecule has 0 spiro atoms. The minimum Gasteiger partial charge on any atom is -0.379 e. The predicted molar refractivity (Wildman–Crippen MR) is 137 cm³/mol. The zero-order chi connectivity index (χ0) is 24.1. The molecule has 1 fully saturated rings. The fourth-order valence-electron chi connectivity index (χ4n) is 4.07. The summed E-state index contributed by atoms with van der Waals surface area (Å²) in [5.74, 6) is -0.390. The molecular formula is C25H31N3O4S2. The van der Waals surface area contributed by atoms with E-state index in [-0.39, 0.29) is 22.1 Å². The number of carbonyl (C=O) groups excluding carboxylic acids is 1. The van der Waals surface area contributed by atoms with Crippen LogP contribution < -0.4 is 4.90 Å². The number of hydrogen-bond donors (Lipinski definition) is 0. The number of ether oxygens (including phenoxy) is 1. The van der Waals surface area contributed by atoms with Crippen LogP contribution in [-0.2, 0) is 21.0 Å². The van der Waals surface area contributed by atoms with Gasteiger partial charge in [0, 0.05) is 26.2 Å². The maximum atomic E-state index is 13.8. The van der Waals surface area contributed by atoms with E-state index in [2.05, 4.69) is 24.0 Å². The van der Waals surface area contributed by atoms with Gasteiger partial charge in [-0.15, -0.1) is 0 Å². The van der Waals surface area contributed by atoms with Gasteiger partial charge < -0.3 is 4.74 Å². The normalized spacial score (nSPS) is 15.0. The Morgan fingerprint density at radius 3 is 2.65 bits per heavy atom. The van der Waals surface area contributed by atoms with Crippen molar-refractivity contribution < 1.29 is 17.9 Å². The number of benzene rings is 2. The highest BCUT2D eigenvalue weighted by Crippen LogP contribution is 2.32. The van der Waals surface area contributed by atoms with Crippen LogP contribution in [0.5, 0.6) is 0 Å². The number of thiazole rings is 1. The zero-order valence-corrected chi connectivity index (χ0v) is 21.3. The number of rotatable bonds is 9. The van der Waals surface area contributed by atoms with Crippen LogP contribution in [0, 0.1) is 0 Å². The lowest BCUT2D eigenvalue weighted by Gasteiger charge is -2.28. The molecule has 0 bridgehead atoms. The molecule has 0 unspecified atom stereocenters. The minimum atomic E-state index is -3.55. The van der Waals surface area contributed by atoms with Crippen molar-refractivity contribution in [3.8, 4) is 0 Å². The van der Waals surface area contributed by atoms with Gasteiger partial charge in [-0.3, -0.25) is 14.6 Å². The van der Waals surface area contributed by atoms with E-state index >= 15 is 0 Å². The van der Waals surface area contributed by atoms with E-state index in [1.54, 1.807) is 30.0 Å². The number of nitrogens with zero attached hydrogens (tertiary/aromatic N) is 3. The highest BCUT2D eigenvalue weighted by atomic mass is 32.2. The van der Waals surface area contributed by atoms with Gasteiger partial charge in [-0.25, -0.2) is 13.4 Å². The van der Waals surface area contributed by atoms with E-state index < -0.39 is 9.84 Å². The summed E-state index contributed by atoms with van der Waals surface area (Å²) in [5.41, 5.74) is 2.26. The molecule has 3 aromatic rings. The topological polar surface area (TPSA) is 79.8 Å². The van der Waals surface area contributed by atoms with Gasteiger partial charge in [0.25, 0.3) is 5.91 Å². The highest BCUT2D eigenvalue weighted by molar-refractivity contribution is 7.91. The van der Waals surface area contributed by atoms with Crippen LogP contribution in [0.4, 0.5) is 5.13 Å². The molecule has 0 radical (unpaired) electrons. The van der Waals surface area contributed by atoms with Crippen LogP contribution in [0.1, 0.15) is 36.2 Å². The average molecular weight is 502 g/mol. The zero-order valence-electron chi connectivity index (χ0n) is 19.7. The van der Waals surface area contributed by atoms with Gasteiger partial charge in [-0.1, -0.05) is 43.4 Å². The molecule has 4 rings (SSSR count). The lowest BCUT2D eigenvalue weighted by Crippen LogP contribution is -2.39. The molecular weight excluding hydrogens is 470 g/mol. The SMILES string of the molecule is CCc1ccc2nc(N(CCCN3CCOCC3)C(=O)c3ccccc3S(=O)(=O)CC)sc2c1. The Morgan fingerprint density at radius 1 is 1.15 bits per heavy atom. The van der Waals surface area contributed by atoms with Gasteiger partial charge in [0.1, 0.15) is 0 Å². The van der Waals surface area contributed by atoms with Crippen LogP contribution in [0.2, 0.25) is 0 Å². The van der Waals surface area contributed by atoms with E-state index in [0.717, 1.165) is 55.9 Å². The molecule has 9 heteroatoms. The lowest BCUT2D eigenvalue weighted by atomic mass is 10.2. The Labute approximate surface area is 205 Å². The van der Waals surface area contributed by atoms with E-state index in [4.69, 9.17) is 9.72 Å². The summed E-state index contributed by atoms with van der Waals surface area (Å²) in [7, 11) is -3.55. The first-order valence-electron chi connectivity index (χ1n) is 11.8. The summed E-state index contributed by atoms with van der Waals surface area (Å²) in [6.45, 7) is 8.21. The fourth-order valence-corrected chi connectivity index (χ4v) is 6.21. The van der Waals surface area contributed by atoms with Crippen molar-refractivity contribution >= 4 is 42.4 Å². The Hall–Kier alpha value is -2.33. The summed E-state index contributed by atoms with van der Waals surface area (Å²) in [5, 5.41) is 0.596. The molecule has 182 valence electrons. The largest absolute Gasteiger partial charge is 0.379 e. The standard InChI is InChI=1S/C25H31N3O4S2/c1-3-19-10-11-21-22(18-19)33-25(26-21)28(13-7-12-27-14-16-32-17-15-27)24(29)20-8-5-6-9-23(20)34(30,31)4-2/h5-6,8-11,18H,3-4,7,12-17H2,1-2H3. The second-order valence-electron chi connectivity index (χ2n) is 8.32. The van der Waals surface area contributed by atoms with Gasteiger partial charge >= 0.3 is 0 Å². The van der Waals surface area contributed by atoms with Gasteiger partial charge in [0.2, 0.25) is 0 Å². The van der Waals surface area contributed by atoms with E-state index in [1.165, 1.54) is 23.0 Å². The van der Waals surface area contributed by atoms with E-state index in [9.17, 15) is 13.2 Å². The third-order valence-corrected chi connectivity index (χ3v) is 8.95. The van der Waals surface area contributed by atoms with Gasteiger partial charge in [-0.05, 0) is 42.7 Å². The van der Waals surface area contributed by atoms with Gasteiger partial charge in [-0.2, -0.15) is 0 Å². The lowest BCUT2D eigenvalue weighted by molar-refractivity contribution is 0.0376. The van der Waals surface area contributed by atoms with Crippen molar-refractivity contribution in [1.29, 1.82) is 0 Å². The first kappa shape index (κ1) is 24.8. The molecule has 1 aromatic heterocycles. The first-order valence-corrected chi connectivity index (χ1v) is 14.2. The van der Waals surface area contributed by atoms with Crippen molar-refractivity contribution in [1.82, 2.24) is 9.88 Å². The molecule has 0 atom stereocenters. The molecule has 0 N–H and O–H groups in total. The number of morpholine rings is 1. The van der Waals surface area contributed by atoms with Crippen LogP contribution >= 0.6 is 11.3 Å². The molecule has 2 heterocycles. The monoisotopic (exact) mass is 501 g/mol. The van der Waals surface area contributed by atoms with E-state index in [0.29, 0.717) is 11.7 Å². The number of aryl methyl sites for hydroxylation is 1. The molecule has 1 aliphatic rings. The van der Waals surface area contributed by atoms with Crippen LogP contribution in [0.15, 0.2) is 47.4 Å². The fraction of sp³-hybridized carbons (Fsp3) is 0.440. The second kappa shape index (κ2) is 10.9.